The molecule has 0 bridgehead atoms. The van der Waals surface area contributed by atoms with E-state index in [2.05, 4.69) is 0 Å². The van der Waals surface area contributed by atoms with Crippen molar-refractivity contribution in [2.75, 3.05) is 4.90 Å². The third-order valence-electron chi connectivity index (χ3n) is 3.30. The second kappa shape index (κ2) is 6.41. The van der Waals surface area contributed by atoms with Crippen LogP contribution >= 0.6 is 0 Å². The van der Waals surface area contributed by atoms with Crippen LogP contribution in [0.5, 0.6) is 5.75 Å². The predicted octanol–water partition coefficient (Wildman–Crippen LogP) is 2.91. The van der Waals surface area contributed by atoms with Crippen LogP contribution in [0.4, 0.5) is 5.69 Å². The van der Waals surface area contributed by atoms with Crippen LogP contribution in [-0.2, 0) is 6.54 Å². The van der Waals surface area contributed by atoms with Gasteiger partial charge < -0.3 is 15.7 Å². The van der Waals surface area contributed by atoms with E-state index < -0.39 is 0 Å². The van der Waals surface area contributed by atoms with Gasteiger partial charge in [0.05, 0.1) is 0 Å². The van der Waals surface area contributed by atoms with Crippen molar-refractivity contribution >= 4 is 11.6 Å². The van der Waals surface area contributed by atoms with Gasteiger partial charge in [0.1, 0.15) is 5.75 Å². The molecule has 0 aromatic heterocycles. The molecule has 2 aromatic rings. The maximum atomic E-state index is 12.7. The second-order valence-corrected chi connectivity index (χ2v) is 5.19. The minimum Gasteiger partial charge on any atom is -0.508 e. The summed E-state index contributed by atoms with van der Waals surface area (Å²) in [5.74, 6) is 0.0560. The first-order chi connectivity index (χ1) is 10.0. The average Bonchev–Trinajstić information content (AvgIpc) is 2.48. The Hall–Kier alpha value is -2.33. The largest absolute Gasteiger partial charge is 0.508 e. The number of benzene rings is 2. The number of anilines is 1. The summed E-state index contributed by atoms with van der Waals surface area (Å²) < 4.78 is 0. The Balaban J connectivity index is 2.33. The molecular weight excluding hydrogens is 264 g/mol. The smallest absolute Gasteiger partial charge is 0.258 e. The topological polar surface area (TPSA) is 66.6 Å². The van der Waals surface area contributed by atoms with Gasteiger partial charge in [0.2, 0.25) is 0 Å². The molecule has 0 aliphatic rings. The number of carbonyl (C=O) groups is 1. The quantitative estimate of drug-likeness (QED) is 0.907. The molecule has 0 aliphatic carbocycles. The van der Waals surface area contributed by atoms with E-state index in [1.165, 1.54) is 12.1 Å². The van der Waals surface area contributed by atoms with E-state index in [1.807, 2.05) is 38.1 Å². The van der Waals surface area contributed by atoms with Crippen LogP contribution in [0.1, 0.15) is 29.8 Å². The molecule has 3 N–H and O–H groups in total. The maximum Gasteiger partial charge on any atom is 0.258 e. The number of phenolic OH excluding ortho intramolecular Hbond substituents is 1. The molecular formula is C17H20N2O2. The summed E-state index contributed by atoms with van der Waals surface area (Å²) in [6.07, 6.45) is 0. The molecule has 0 saturated carbocycles. The molecule has 21 heavy (non-hydrogen) atoms. The van der Waals surface area contributed by atoms with Crippen LogP contribution in [0.2, 0.25) is 0 Å². The van der Waals surface area contributed by atoms with Gasteiger partial charge in [-0.3, -0.25) is 4.79 Å². The molecule has 0 saturated heterocycles. The summed E-state index contributed by atoms with van der Waals surface area (Å²) in [6.45, 7) is 4.41. The summed E-state index contributed by atoms with van der Waals surface area (Å²) in [7, 11) is 0. The van der Waals surface area contributed by atoms with Gasteiger partial charge in [-0.05, 0) is 55.8 Å². The van der Waals surface area contributed by atoms with Crippen molar-refractivity contribution < 1.29 is 9.90 Å². The van der Waals surface area contributed by atoms with Crippen LogP contribution in [0, 0.1) is 0 Å². The molecule has 0 unspecified atom stereocenters. The van der Waals surface area contributed by atoms with Gasteiger partial charge in [-0.2, -0.15) is 0 Å². The van der Waals surface area contributed by atoms with Crippen LogP contribution in [0.25, 0.3) is 0 Å². The molecule has 4 nitrogen and oxygen atoms in total. The average molecular weight is 284 g/mol. The van der Waals surface area contributed by atoms with Crippen molar-refractivity contribution in [3.8, 4) is 5.75 Å². The first-order valence-electron chi connectivity index (χ1n) is 6.94. The molecule has 0 heterocycles. The van der Waals surface area contributed by atoms with Crippen molar-refractivity contribution in [1.82, 2.24) is 0 Å². The maximum absolute atomic E-state index is 12.7. The monoisotopic (exact) mass is 284 g/mol. The van der Waals surface area contributed by atoms with E-state index in [1.54, 1.807) is 17.0 Å². The molecule has 110 valence electrons. The normalized spacial score (nSPS) is 10.7. The number of hydrogen-bond acceptors (Lipinski definition) is 3. The molecule has 0 fully saturated rings. The van der Waals surface area contributed by atoms with Crippen LogP contribution in [-0.4, -0.2) is 17.1 Å². The highest BCUT2D eigenvalue weighted by Crippen LogP contribution is 2.21. The van der Waals surface area contributed by atoms with Crippen LogP contribution in [0.3, 0.4) is 0 Å². The number of nitrogens with zero attached hydrogens (tertiary/aromatic N) is 1. The van der Waals surface area contributed by atoms with E-state index in [0.29, 0.717) is 12.1 Å². The van der Waals surface area contributed by atoms with Gasteiger partial charge in [-0.25, -0.2) is 0 Å². The van der Waals surface area contributed by atoms with E-state index >= 15 is 0 Å². The fourth-order valence-electron chi connectivity index (χ4n) is 2.19. The summed E-state index contributed by atoms with van der Waals surface area (Å²) in [6, 6.07) is 14.0. The summed E-state index contributed by atoms with van der Waals surface area (Å²) >= 11 is 0. The molecule has 0 atom stereocenters. The van der Waals surface area contributed by atoms with E-state index in [-0.39, 0.29) is 17.7 Å². The first kappa shape index (κ1) is 15.1. The highest BCUT2D eigenvalue weighted by atomic mass is 16.3. The number of amides is 1. The van der Waals surface area contributed by atoms with Crippen molar-refractivity contribution in [1.29, 1.82) is 0 Å². The Morgan fingerprint density at radius 1 is 1.10 bits per heavy atom. The zero-order chi connectivity index (χ0) is 15.4. The van der Waals surface area contributed by atoms with E-state index in [0.717, 1.165) is 11.3 Å². The third kappa shape index (κ3) is 3.41. The Morgan fingerprint density at radius 2 is 1.67 bits per heavy atom. The molecule has 0 aliphatic heterocycles. The Kier molecular flexibility index (Phi) is 4.60. The lowest BCUT2D eigenvalue weighted by atomic mass is 10.1. The Labute approximate surface area is 124 Å². The molecule has 0 radical (unpaired) electrons. The highest BCUT2D eigenvalue weighted by molar-refractivity contribution is 6.06. The minimum absolute atomic E-state index is 0.0232. The van der Waals surface area contributed by atoms with E-state index in [9.17, 15) is 9.90 Å². The Bertz CT molecular complexity index is 604. The van der Waals surface area contributed by atoms with Gasteiger partial charge in [-0.15, -0.1) is 0 Å². The number of nitrogens with two attached hydrogens (primary N) is 1. The molecule has 2 aromatic carbocycles. The number of carbonyl (C=O) groups excluding carboxylic acids is 1. The van der Waals surface area contributed by atoms with Crippen molar-refractivity contribution in [3.63, 3.8) is 0 Å². The van der Waals surface area contributed by atoms with Crippen LogP contribution in [0.15, 0.2) is 48.5 Å². The van der Waals surface area contributed by atoms with Gasteiger partial charge >= 0.3 is 0 Å². The number of hydrogen-bond donors (Lipinski definition) is 2. The summed E-state index contributed by atoms with van der Waals surface area (Å²) in [5.41, 5.74) is 8.00. The zero-order valence-corrected chi connectivity index (χ0v) is 12.3. The SMILES string of the molecule is CC(C)N(C(=O)c1ccc(O)cc1)c1ccc(CN)cc1. The fourth-order valence-corrected chi connectivity index (χ4v) is 2.19. The lowest BCUT2D eigenvalue weighted by Crippen LogP contribution is -2.37. The zero-order valence-electron chi connectivity index (χ0n) is 12.3. The summed E-state index contributed by atoms with van der Waals surface area (Å²) in [4.78, 5) is 14.4. The first-order valence-corrected chi connectivity index (χ1v) is 6.94. The number of rotatable bonds is 4. The minimum atomic E-state index is -0.0921. The summed E-state index contributed by atoms with van der Waals surface area (Å²) in [5, 5.41) is 9.32. The molecule has 2 rings (SSSR count). The van der Waals surface area contributed by atoms with Gasteiger partial charge in [0.25, 0.3) is 5.91 Å². The van der Waals surface area contributed by atoms with Gasteiger partial charge in [0, 0.05) is 23.8 Å². The molecule has 0 spiro atoms. The fraction of sp³-hybridized carbons (Fsp3) is 0.235. The van der Waals surface area contributed by atoms with Crippen molar-refractivity contribution in [2.45, 2.75) is 26.4 Å². The Morgan fingerprint density at radius 3 is 2.14 bits per heavy atom. The van der Waals surface area contributed by atoms with Gasteiger partial charge in [0.15, 0.2) is 0 Å². The van der Waals surface area contributed by atoms with Crippen LogP contribution < -0.4 is 10.6 Å². The number of aromatic hydroxyl groups is 1. The standard InChI is InChI=1S/C17H20N2O2/c1-12(2)19(15-7-3-13(11-18)4-8-15)17(21)14-5-9-16(20)10-6-14/h3-10,12,20H,11,18H2,1-2H3. The lowest BCUT2D eigenvalue weighted by molar-refractivity contribution is 0.0980. The van der Waals surface area contributed by atoms with Crippen molar-refractivity contribution in [2.24, 2.45) is 5.73 Å². The molecule has 4 heteroatoms. The van der Waals surface area contributed by atoms with E-state index in [4.69, 9.17) is 5.73 Å². The molecule has 1 amide bonds. The predicted molar refractivity (Wildman–Crippen MR) is 84.4 cm³/mol. The number of phenols is 1. The third-order valence-corrected chi connectivity index (χ3v) is 3.30. The van der Waals surface area contributed by atoms with Crippen molar-refractivity contribution in [3.05, 3.63) is 59.7 Å². The second-order valence-electron chi connectivity index (χ2n) is 5.19. The lowest BCUT2D eigenvalue weighted by Gasteiger charge is -2.27. The highest BCUT2D eigenvalue weighted by Gasteiger charge is 2.20. The van der Waals surface area contributed by atoms with Gasteiger partial charge in [-0.1, -0.05) is 12.1 Å².